The van der Waals surface area contributed by atoms with Gasteiger partial charge in [-0.1, -0.05) is 12.1 Å². The first-order valence-electron chi connectivity index (χ1n) is 8.01. The molecular weight excluding hydrogens is 323 g/mol. The lowest BCUT2D eigenvalue weighted by atomic mass is 10.0. The maximum absolute atomic E-state index is 13.1. The van der Waals surface area contributed by atoms with Crippen LogP contribution >= 0.6 is 11.3 Å². The minimum absolute atomic E-state index is 0.185. The van der Waals surface area contributed by atoms with Crippen LogP contribution in [0.15, 0.2) is 48.1 Å². The summed E-state index contributed by atoms with van der Waals surface area (Å²) in [5.74, 6) is 0.487. The van der Waals surface area contributed by atoms with Gasteiger partial charge in [0.1, 0.15) is 5.82 Å². The van der Waals surface area contributed by atoms with Gasteiger partial charge in [-0.15, -0.1) is 11.3 Å². The Labute approximate surface area is 144 Å². The van der Waals surface area contributed by atoms with Crippen LogP contribution < -0.4 is 0 Å². The summed E-state index contributed by atoms with van der Waals surface area (Å²) in [7, 11) is 0. The molecule has 0 aliphatic carbocycles. The van der Waals surface area contributed by atoms with Gasteiger partial charge in [0.05, 0.1) is 5.69 Å². The molecule has 24 heavy (non-hydrogen) atoms. The van der Waals surface area contributed by atoms with E-state index in [9.17, 15) is 4.39 Å². The van der Waals surface area contributed by atoms with Crippen LogP contribution in [0.4, 0.5) is 4.39 Å². The van der Waals surface area contributed by atoms with Crippen LogP contribution in [0.25, 0.3) is 10.8 Å². The largest absolute Gasteiger partial charge is 0.290 e. The molecule has 0 saturated carbocycles. The molecule has 4 nitrogen and oxygen atoms in total. The third-order valence-electron chi connectivity index (χ3n) is 4.29. The molecule has 1 atom stereocenters. The third kappa shape index (κ3) is 3.20. The first-order valence-corrected chi connectivity index (χ1v) is 8.89. The molecule has 2 aromatic heterocycles. The van der Waals surface area contributed by atoms with Crippen LogP contribution in [0.1, 0.15) is 30.1 Å². The molecule has 3 aromatic rings. The highest BCUT2D eigenvalue weighted by atomic mass is 32.1. The molecule has 0 N–H and O–H groups in total. The summed E-state index contributed by atoms with van der Waals surface area (Å²) in [6.07, 6.45) is 5.72. The standard InChI is InChI=1S/C18H17FN4S/c19-14-6-4-13(5-7-14)16-3-1-10-23(16)11-15-12-24-18(22-15)17-20-8-2-9-21-17/h2,4-9,12,16H,1,3,10-11H2/t16-/m0/s1. The molecule has 4 rings (SSSR count). The summed E-state index contributed by atoms with van der Waals surface area (Å²) in [5.41, 5.74) is 2.22. The summed E-state index contributed by atoms with van der Waals surface area (Å²) in [4.78, 5) is 15.6. The average molecular weight is 340 g/mol. The number of hydrogen-bond donors (Lipinski definition) is 0. The van der Waals surface area contributed by atoms with Gasteiger partial charge in [-0.05, 0) is 43.1 Å². The van der Waals surface area contributed by atoms with Gasteiger partial charge in [-0.3, -0.25) is 4.90 Å². The predicted octanol–water partition coefficient (Wildman–Crippen LogP) is 4.08. The van der Waals surface area contributed by atoms with Crippen LogP contribution in [-0.4, -0.2) is 26.4 Å². The van der Waals surface area contributed by atoms with Gasteiger partial charge in [0.25, 0.3) is 0 Å². The molecule has 1 fully saturated rings. The number of benzene rings is 1. The molecule has 0 spiro atoms. The van der Waals surface area contributed by atoms with Crippen molar-refractivity contribution >= 4 is 11.3 Å². The Morgan fingerprint density at radius 1 is 1.17 bits per heavy atom. The number of nitrogens with zero attached hydrogens (tertiary/aromatic N) is 4. The van der Waals surface area contributed by atoms with Crippen LogP contribution in [-0.2, 0) is 6.54 Å². The van der Waals surface area contributed by atoms with Crippen molar-refractivity contribution in [2.24, 2.45) is 0 Å². The number of halogens is 1. The first kappa shape index (κ1) is 15.4. The second kappa shape index (κ2) is 6.75. The van der Waals surface area contributed by atoms with Gasteiger partial charge in [0, 0.05) is 30.4 Å². The number of aromatic nitrogens is 3. The zero-order valence-electron chi connectivity index (χ0n) is 13.1. The summed E-state index contributed by atoms with van der Waals surface area (Å²) in [6, 6.07) is 9.00. The third-order valence-corrected chi connectivity index (χ3v) is 5.18. The summed E-state index contributed by atoms with van der Waals surface area (Å²) in [5, 5.41) is 2.93. The van der Waals surface area contributed by atoms with Gasteiger partial charge in [-0.2, -0.15) is 0 Å². The van der Waals surface area contributed by atoms with E-state index in [0.29, 0.717) is 11.9 Å². The monoisotopic (exact) mass is 340 g/mol. The number of rotatable bonds is 4. The Balaban J connectivity index is 1.50. The fourth-order valence-electron chi connectivity index (χ4n) is 3.18. The maximum atomic E-state index is 13.1. The van der Waals surface area contributed by atoms with Gasteiger partial charge in [0.2, 0.25) is 0 Å². The lowest BCUT2D eigenvalue weighted by Crippen LogP contribution is -2.22. The minimum Gasteiger partial charge on any atom is -0.290 e. The van der Waals surface area contributed by atoms with Crippen molar-refractivity contribution in [3.63, 3.8) is 0 Å². The first-order chi connectivity index (χ1) is 11.8. The van der Waals surface area contributed by atoms with Crippen molar-refractivity contribution in [1.82, 2.24) is 19.9 Å². The number of thiazole rings is 1. The Hall–Kier alpha value is -2.18. The van der Waals surface area contributed by atoms with Crippen molar-refractivity contribution in [3.05, 3.63) is 65.2 Å². The molecule has 1 aromatic carbocycles. The van der Waals surface area contributed by atoms with Crippen molar-refractivity contribution < 1.29 is 4.39 Å². The normalized spacial score (nSPS) is 18.1. The lowest BCUT2D eigenvalue weighted by Gasteiger charge is -2.24. The topological polar surface area (TPSA) is 41.9 Å². The van der Waals surface area contributed by atoms with E-state index in [-0.39, 0.29) is 5.82 Å². The predicted molar refractivity (Wildman–Crippen MR) is 91.9 cm³/mol. The second-order valence-electron chi connectivity index (χ2n) is 5.90. The van der Waals surface area contributed by atoms with Gasteiger partial charge in [0.15, 0.2) is 10.8 Å². The molecule has 3 heterocycles. The Kier molecular flexibility index (Phi) is 4.32. The zero-order valence-corrected chi connectivity index (χ0v) is 13.9. The molecule has 6 heteroatoms. The van der Waals surface area contributed by atoms with Crippen molar-refractivity contribution in [2.75, 3.05) is 6.54 Å². The van der Waals surface area contributed by atoms with E-state index in [4.69, 9.17) is 0 Å². The summed E-state index contributed by atoms with van der Waals surface area (Å²) in [6.45, 7) is 1.84. The summed E-state index contributed by atoms with van der Waals surface area (Å²) < 4.78 is 13.1. The number of hydrogen-bond acceptors (Lipinski definition) is 5. The zero-order chi connectivity index (χ0) is 16.4. The van der Waals surface area contributed by atoms with E-state index in [2.05, 4.69) is 25.2 Å². The summed E-state index contributed by atoms with van der Waals surface area (Å²) >= 11 is 1.57. The highest BCUT2D eigenvalue weighted by Crippen LogP contribution is 2.33. The average Bonchev–Trinajstić information content (AvgIpc) is 3.27. The van der Waals surface area contributed by atoms with Crippen LogP contribution in [0.5, 0.6) is 0 Å². The van der Waals surface area contributed by atoms with E-state index in [1.54, 1.807) is 41.9 Å². The number of likely N-dealkylation sites (tertiary alicyclic amines) is 1. The van der Waals surface area contributed by atoms with Crippen molar-refractivity contribution in [3.8, 4) is 10.8 Å². The lowest BCUT2D eigenvalue weighted by molar-refractivity contribution is 0.246. The van der Waals surface area contributed by atoms with E-state index >= 15 is 0 Å². The highest BCUT2D eigenvalue weighted by molar-refractivity contribution is 7.13. The molecule has 1 aliphatic heterocycles. The van der Waals surface area contributed by atoms with E-state index < -0.39 is 0 Å². The SMILES string of the molecule is Fc1ccc([C@@H]2CCCN2Cc2csc(-c3ncccn3)n2)cc1. The second-order valence-corrected chi connectivity index (χ2v) is 6.75. The van der Waals surface area contributed by atoms with E-state index in [1.165, 1.54) is 5.56 Å². The smallest absolute Gasteiger partial charge is 0.188 e. The quantitative estimate of drug-likeness (QED) is 0.718. The molecule has 0 radical (unpaired) electrons. The molecule has 1 saturated heterocycles. The fraction of sp³-hybridized carbons (Fsp3) is 0.278. The molecule has 1 aliphatic rings. The van der Waals surface area contributed by atoms with Crippen molar-refractivity contribution in [1.29, 1.82) is 0 Å². The molecular formula is C18H17FN4S. The van der Waals surface area contributed by atoms with Gasteiger partial charge >= 0.3 is 0 Å². The van der Waals surface area contributed by atoms with Crippen molar-refractivity contribution in [2.45, 2.75) is 25.4 Å². The van der Waals surface area contributed by atoms with Crippen LogP contribution in [0, 0.1) is 5.82 Å². The molecule has 122 valence electrons. The maximum Gasteiger partial charge on any atom is 0.188 e. The highest BCUT2D eigenvalue weighted by Gasteiger charge is 2.26. The Bertz CT molecular complexity index is 803. The fourth-order valence-corrected chi connectivity index (χ4v) is 3.93. The Morgan fingerprint density at radius 3 is 2.75 bits per heavy atom. The molecule has 0 unspecified atom stereocenters. The van der Waals surface area contributed by atoms with E-state index in [0.717, 1.165) is 36.6 Å². The minimum atomic E-state index is -0.185. The Morgan fingerprint density at radius 2 is 1.96 bits per heavy atom. The molecule has 0 amide bonds. The van der Waals surface area contributed by atoms with Crippen LogP contribution in [0.2, 0.25) is 0 Å². The van der Waals surface area contributed by atoms with Crippen LogP contribution in [0.3, 0.4) is 0 Å². The van der Waals surface area contributed by atoms with Gasteiger partial charge in [-0.25, -0.2) is 19.3 Å². The molecule has 0 bridgehead atoms. The van der Waals surface area contributed by atoms with E-state index in [1.807, 2.05) is 12.1 Å². The van der Waals surface area contributed by atoms with Gasteiger partial charge < -0.3 is 0 Å².